The van der Waals surface area contributed by atoms with Crippen LogP contribution in [0.1, 0.15) is 126 Å². The van der Waals surface area contributed by atoms with Gasteiger partial charge in [-0.25, -0.2) is 4.79 Å². The number of aliphatic hydroxyl groups excluding tert-OH is 2. The van der Waals surface area contributed by atoms with E-state index in [1.54, 1.807) is 41.1 Å². The first kappa shape index (κ1) is 54.2. The molecule has 3 N–H and O–H groups in total. The van der Waals surface area contributed by atoms with Crippen LogP contribution in [0.5, 0.6) is 0 Å². The number of carbonyl (C=O) groups is 5. The molecule has 0 spiro atoms. The number of piperidine rings is 1. The lowest BCUT2D eigenvalue weighted by Crippen LogP contribution is -2.61. The molecule has 2 saturated heterocycles. The summed E-state index contributed by atoms with van der Waals surface area (Å²) in [5.74, 6) is -7.93. The molecule has 3 fully saturated rings. The van der Waals surface area contributed by atoms with Gasteiger partial charge >= 0.3 is 5.97 Å². The highest BCUT2D eigenvalue weighted by Gasteiger charge is 2.53. The highest BCUT2D eigenvalue weighted by molar-refractivity contribution is 6.39. The molecule has 14 heteroatoms. The van der Waals surface area contributed by atoms with E-state index in [9.17, 15) is 39.3 Å². The second-order valence-electron chi connectivity index (χ2n) is 19.6. The van der Waals surface area contributed by atoms with Crippen molar-refractivity contribution in [3.8, 4) is 0 Å². The molecule has 15 atom stereocenters. The Balaban J connectivity index is 1.70. The smallest absolute Gasteiger partial charge is 0.329 e. The van der Waals surface area contributed by atoms with E-state index >= 15 is 0 Å². The first-order valence-corrected chi connectivity index (χ1v) is 23.9. The average Bonchev–Trinajstić information content (AvgIpc) is 3.28. The van der Waals surface area contributed by atoms with E-state index in [-0.39, 0.29) is 54.8 Å². The summed E-state index contributed by atoms with van der Waals surface area (Å²) in [4.78, 5) is 71.7. The van der Waals surface area contributed by atoms with Crippen molar-refractivity contribution < 1.29 is 63.0 Å². The van der Waals surface area contributed by atoms with Crippen LogP contribution in [0.15, 0.2) is 47.6 Å². The van der Waals surface area contributed by atoms with Crippen LogP contribution in [0.25, 0.3) is 0 Å². The van der Waals surface area contributed by atoms with Crippen molar-refractivity contribution in [3.63, 3.8) is 0 Å². The highest BCUT2D eigenvalue weighted by atomic mass is 16.6. The van der Waals surface area contributed by atoms with E-state index in [1.807, 2.05) is 58.1 Å². The standard InChI is InChI=1S/C51H79NO13/c1-30-16-12-11-13-17-31(2)42(61-8)28-38-21-19-36(7)51(60,65-38)48(57)49(58)52-23-15-14-18-39(52)50(59)64-43(33(4)26-37-20-22-40(53)44(27-37)62-9)29-41(54)32(3)25-35(6)46(56)47(63-10)45(55)34(5)24-30/h11-13,16-17,25,30,33-40,42-44,46-47,53,56,60H,14-15,18-24,26-29H2,1-10H3/b13-11?,16-12?,31-17?,32-25+/t30-,33-,34-,35?,36-,37?,38?,39+,40-,42+,43+,44-,46-,47+,51-/m1/s1. The zero-order valence-corrected chi connectivity index (χ0v) is 40.6. The second-order valence-corrected chi connectivity index (χ2v) is 19.6. The fourth-order valence-electron chi connectivity index (χ4n) is 10.1. The molecule has 0 aromatic carbocycles. The normalized spacial score (nSPS) is 38.6. The molecular weight excluding hydrogens is 835 g/mol. The summed E-state index contributed by atoms with van der Waals surface area (Å²) in [7, 11) is 4.53. The fraction of sp³-hybridized carbons (Fsp3) is 0.745. The first-order valence-electron chi connectivity index (χ1n) is 23.9. The van der Waals surface area contributed by atoms with Gasteiger partial charge in [0.05, 0.1) is 30.5 Å². The van der Waals surface area contributed by atoms with Crippen LogP contribution >= 0.6 is 0 Å². The summed E-state index contributed by atoms with van der Waals surface area (Å²) in [5, 5.41) is 33.9. The summed E-state index contributed by atoms with van der Waals surface area (Å²) in [5.41, 5.74) is 1.19. The average molecular weight is 914 g/mol. The molecule has 65 heavy (non-hydrogen) atoms. The monoisotopic (exact) mass is 914 g/mol. The highest BCUT2D eigenvalue weighted by Crippen LogP contribution is 2.38. The minimum absolute atomic E-state index is 0.0220. The Morgan fingerprint density at radius 3 is 2.26 bits per heavy atom. The second kappa shape index (κ2) is 25.1. The third-order valence-corrected chi connectivity index (χ3v) is 14.5. The molecule has 14 nitrogen and oxygen atoms in total. The predicted molar refractivity (Wildman–Crippen MR) is 245 cm³/mol. The number of amides is 1. The molecular formula is C51H79NO13. The molecule has 2 bridgehead atoms. The van der Waals surface area contributed by atoms with Gasteiger partial charge in [0, 0.05) is 58.5 Å². The molecule has 0 radical (unpaired) electrons. The number of fused-ring (bicyclic) bond motifs is 3. The van der Waals surface area contributed by atoms with E-state index < -0.39 is 83.9 Å². The summed E-state index contributed by atoms with van der Waals surface area (Å²) >= 11 is 0. The van der Waals surface area contributed by atoms with Crippen molar-refractivity contribution >= 4 is 29.2 Å². The first-order chi connectivity index (χ1) is 30.7. The van der Waals surface area contributed by atoms with Crippen molar-refractivity contribution in [1.82, 2.24) is 4.90 Å². The number of hydrogen-bond acceptors (Lipinski definition) is 13. The maximum absolute atomic E-state index is 14.4. The van der Waals surface area contributed by atoms with Gasteiger partial charge < -0.3 is 43.9 Å². The van der Waals surface area contributed by atoms with Gasteiger partial charge in [-0.2, -0.15) is 0 Å². The van der Waals surface area contributed by atoms with Crippen molar-refractivity contribution in [3.05, 3.63) is 47.6 Å². The third-order valence-electron chi connectivity index (χ3n) is 14.5. The number of rotatable bonds is 6. The topological polar surface area (TPSA) is 195 Å². The van der Waals surface area contributed by atoms with Crippen LogP contribution < -0.4 is 0 Å². The minimum atomic E-state index is -2.43. The number of methoxy groups -OCH3 is 3. The van der Waals surface area contributed by atoms with Crippen LogP contribution in [-0.2, 0) is 47.7 Å². The minimum Gasteiger partial charge on any atom is -0.460 e. The largest absolute Gasteiger partial charge is 0.460 e. The molecule has 3 aliphatic heterocycles. The van der Waals surface area contributed by atoms with Gasteiger partial charge in [-0.15, -0.1) is 0 Å². The van der Waals surface area contributed by atoms with Crippen LogP contribution in [-0.4, -0.2) is 132 Å². The van der Waals surface area contributed by atoms with E-state index in [2.05, 4.69) is 0 Å². The van der Waals surface area contributed by atoms with Crippen LogP contribution in [0.2, 0.25) is 0 Å². The lowest BCUT2D eigenvalue weighted by Gasteiger charge is -2.42. The number of allylic oxidation sites excluding steroid dienone is 6. The van der Waals surface area contributed by atoms with E-state index in [0.29, 0.717) is 63.4 Å². The number of cyclic esters (lactones) is 1. The van der Waals surface area contributed by atoms with E-state index in [1.165, 1.54) is 12.0 Å². The summed E-state index contributed by atoms with van der Waals surface area (Å²) < 4.78 is 29.4. The Kier molecular flexibility index (Phi) is 21.0. The van der Waals surface area contributed by atoms with Gasteiger partial charge in [-0.1, -0.05) is 71.1 Å². The zero-order valence-electron chi connectivity index (χ0n) is 40.6. The van der Waals surface area contributed by atoms with Crippen molar-refractivity contribution in [1.29, 1.82) is 0 Å². The number of hydrogen-bond donors (Lipinski definition) is 3. The molecule has 4 aliphatic rings. The molecule has 0 aromatic heterocycles. The van der Waals surface area contributed by atoms with E-state index in [0.717, 1.165) is 12.0 Å². The fourth-order valence-corrected chi connectivity index (χ4v) is 10.1. The molecule has 366 valence electrons. The Morgan fingerprint density at radius 2 is 1.58 bits per heavy atom. The maximum Gasteiger partial charge on any atom is 0.329 e. The van der Waals surface area contributed by atoms with Crippen LogP contribution in [0.3, 0.4) is 0 Å². The number of ketones is 3. The SMILES string of the molecule is CO[C@H]1CC2CC[C@@H](C)[C@@](O)(O2)C(=O)C(=O)N2CCCC[C@H]2C(=O)O[C@H]([C@H](C)CC2CC[C@@H](O)[C@H](OC)C2)CC(=O)/C(C)=C/C(C)[C@@H](O)[C@@H](OC)C(=O)[C@H](C)C[C@H](C)C=CC=CC=C1C. The van der Waals surface area contributed by atoms with E-state index in [4.69, 9.17) is 23.7 Å². The van der Waals surface area contributed by atoms with Gasteiger partial charge in [-0.05, 0) is 107 Å². The van der Waals surface area contributed by atoms with Gasteiger partial charge in [-0.3, -0.25) is 19.2 Å². The molecule has 1 amide bonds. The van der Waals surface area contributed by atoms with Gasteiger partial charge in [0.2, 0.25) is 5.79 Å². The van der Waals surface area contributed by atoms with Crippen molar-refractivity contribution in [2.45, 2.75) is 180 Å². The predicted octanol–water partition coefficient (Wildman–Crippen LogP) is 6.18. The number of ether oxygens (including phenoxy) is 5. The number of Topliss-reactive ketones (excluding diaryl/α,β-unsaturated/α-hetero) is 3. The number of nitrogens with zero attached hydrogens (tertiary/aromatic N) is 1. The Bertz CT molecular complexity index is 1760. The molecule has 3 unspecified atom stereocenters. The Labute approximate surface area is 387 Å². The number of esters is 1. The lowest BCUT2D eigenvalue weighted by molar-refractivity contribution is -0.265. The van der Waals surface area contributed by atoms with Gasteiger partial charge in [0.1, 0.15) is 18.2 Å². The molecule has 0 aromatic rings. The van der Waals surface area contributed by atoms with Crippen molar-refractivity contribution in [2.75, 3.05) is 27.9 Å². The zero-order chi connectivity index (χ0) is 48.2. The molecule has 1 aliphatic carbocycles. The summed E-state index contributed by atoms with van der Waals surface area (Å²) in [6, 6.07) is -1.14. The number of aliphatic hydroxyl groups is 3. The van der Waals surface area contributed by atoms with Crippen LogP contribution in [0.4, 0.5) is 0 Å². The Hall–Kier alpha value is -3.37. The summed E-state index contributed by atoms with van der Waals surface area (Å²) in [6.07, 6.45) is 11.2. The Morgan fingerprint density at radius 1 is 0.862 bits per heavy atom. The molecule has 3 heterocycles. The number of carbonyl (C=O) groups excluding carboxylic acids is 5. The van der Waals surface area contributed by atoms with Gasteiger partial charge in [0.15, 0.2) is 11.6 Å². The quantitative estimate of drug-likeness (QED) is 0.202. The summed E-state index contributed by atoms with van der Waals surface area (Å²) in [6.45, 7) is 12.7. The lowest BCUT2D eigenvalue weighted by atomic mass is 9.78. The molecule has 1 saturated carbocycles. The van der Waals surface area contributed by atoms with Crippen molar-refractivity contribution in [2.24, 2.45) is 35.5 Å². The van der Waals surface area contributed by atoms with Gasteiger partial charge in [0.25, 0.3) is 11.7 Å². The molecule has 4 rings (SSSR count). The third kappa shape index (κ3) is 14.3. The maximum atomic E-state index is 14.4. The van der Waals surface area contributed by atoms with Crippen LogP contribution in [0, 0.1) is 35.5 Å².